The van der Waals surface area contributed by atoms with Crippen molar-refractivity contribution in [1.29, 1.82) is 0 Å². The maximum atomic E-state index is 13.1. The van der Waals surface area contributed by atoms with Crippen LogP contribution >= 0.6 is 0 Å². The Hall–Kier alpha value is -3.47. The van der Waals surface area contributed by atoms with E-state index in [1.54, 1.807) is 23.9 Å². The van der Waals surface area contributed by atoms with Gasteiger partial charge in [-0.15, -0.1) is 0 Å². The van der Waals surface area contributed by atoms with E-state index in [0.717, 1.165) is 35.4 Å². The minimum absolute atomic E-state index is 0.0504. The Morgan fingerprint density at radius 1 is 1.06 bits per heavy atom. The van der Waals surface area contributed by atoms with E-state index in [0.29, 0.717) is 11.3 Å². The first-order valence-electron chi connectivity index (χ1n) is 10.6. The van der Waals surface area contributed by atoms with E-state index in [9.17, 15) is 4.79 Å². The molecule has 0 saturated heterocycles. The maximum Gasteiger partial charge on any atom is 0.185 e. The third-order valence-corrected chi connectivity index (χ3v) is 5.74. The molecule has 31 heavy (non-hydrogen) atoms. The minimum Gasteiger partial charge on any atom is -0.496 e. The summed E-state index contributed by atoms with van der Waals surface area (Å²) in [6.07, 6.45) is 3.41. The van der Waals surface area contributed by atoms with Gasteiger partial charge in [0.1, 0.15) is 11.4 Å². The Kier molecular flexibility index (Phi) is 5.85. The topological polar surface area (TPSA) is 56.5 Å². The van der Waals surface area contributed by atoms with Crippen LogP contribution in [0.25, 0.3) is 16.9 Å². The second kappa shape index (κ2) is 8.72. The number of aromatic nitrogens is 3. The highest BCUT2D eigenvalue weighted by atomic mass is 16.5. The van der Waals surface area contributed by atoms with Crippen molar-refractivity contribution in [3.8, 4) is 17.0 Å². The summed E-state index contributed by atoms with van der Waals surface area (Å²) in [6.45, 7) is 6.06. The van der Waals surface area contributed by atoms with E-state index in [2.05, 4.69) is 47.3 Å². The number of Topliss-reactive ketones (excluding diaryl/α,β-unsaturated/α-hetero) is 1. The molecule has 0 radical (unpaired) electrons. The van der Waals surface area contributed by atoms with Crippen LogP contribution in [0.5, 0.6) is 5.75 Å². The van der Waals surface area contributed by atoms with Crippen molar-refractivity contribution in [3.63, 3.8) is 0 Å². The quantitative estimate of drug-likeness (QED) is 0.377. The zero-order valence-corrected chi connectivity index (χ0v) is 18.4. The molecule has 1 atom stereocenters. The van der Waals surface area contributed by atoms with Gasteiger partial charge < -0.3 is 4.74 Å². The molecule has 0 bridgehead atoms. The predicted molar refractivity (Wildman–Crippen MR) is 123 cm³/mol. The van der Waals surface area contributed by atoms with Gasteiger partial charge in [-0.05, 0) is 62.1 Å². The average Bonchev–Trinajstić information content (AvgIpc) is 3.22. The summed E-state index contributed by atoms with van der Waals surface area (Å²) < 4.78 is 7.12. The van der Waals surface area contributed by atoms with Gasteiger partial charge in [-0.2, -0.15) is 5.10 Å². The fourth-order valence-corrected chi connectivity index (χ4v) is 3.79. The summed E-state index contributed by atoms with van der Waals surface area (Å²) in [6, 6.07) is 18.2. The van der Waals surface area contributed by atoms with Crippen LogP contribution in [-0.2, 0) is 6.42 Å². The van der Waals surface area contributed by atoms with E-state index in [1.807, 2.05) is 32.0 Å². The third kappa shape index (κ3) is 4.36. The average molecular weight is 414 g/mol. The van der Waals surface area contributed by atoms with Crippen molar-refractivity contribution in [2.75, 3.05) is 7.11 Å². The SMILES string of the molecule is COc1ccc(-c2ccnc3cc(C(=O)C(C)CCc4ccc(C)cc4)nn23)cc1C. The summed E-state index contributed by atoms with van der Waals surface area (Å²) in [5.74, 6) is 0.778. The number of rotatable bonds is 7. The molecule has 0 amide bonds. The van der Waals surface area contributed by atoms with Crippen molar-refractivity contribution < 1.29 is 9.53 Å². The molecule has 0 aliphatic heterocycles. The molecule has 5 nitrogen and oxygen atoms in total. The molecule has 2 aromatic carbocycles. The van der Waals surface area contributed by atoms with Gasteiger partial charge >= 0.3 is 0 Å². The fourth-order valence-electron chi connectivity index (χ4n) is 3.79. The Morgan fingerprint density at radius 3 is 2.55 bits per heavy atom. The zero-order valence-electron chi connectivity index (χ0n) is 18.4. The molecule has 0 saturated carbocycles. The Morgan fingerprint density at radius 2 is 1.84 bits per heavy atom. The second-order valence-corrected chi connectivity index (χ2v) is 8.10. The lowest BCUT2D eigenvalue weighted by atomic mass is 9.95. The molecule has 2 aromatic heterocycles. The van der Waals surface area contributed by atoms with E-state index in [1.165, 1.54) is 11.1 Å². The zero-order chi connectivity index (χ0) is 22.0. The van der Waals surface area contributed by atoms with Gasteiger partial charge in [0, 0.05) is 23.7 Å². The van der Waals surface area contributed by atoms with Crippen LogP contribution in [0.2, 0.25) is 0 Å². The molecule has 0 spiro atoms. The number of methoxy groups -OCH3 is 1. The predicted octanol–water partition coefficient (Wildman–Crippen LogP) is 5.47. The molecule has 0 aliphatic rings. The molecule has 4 rings (SSSR count). The number of ether oxygens (including phenoxy) is 1. The first-order valence-corrected chi connectivity index (χ1v) is 10.6. The van der Waals surface area contributed by atoms with Crippen molar-refractivity contribution in [1.82, 2.24) is 14.6 Å². The molecule has 158 valence electrons. The molecule has 2 heterocycles. The number of carbonyl (C=O) groups excluding carboxylic acids is 1. The van der Waals surface area contributed by atoms with Gasteiger partial charge in [0.15, 0.2) is 11.4 Å². The second-order valence-electron chi connectivity index (χ2n) is 8.10. The molecular weight excluding hydrogens is 386 g/mol. The number of benzene rings is 2. The number of carbonyl (C=O) groups is 1. The smallest absolute Gasteiger partial charge is 0.185 e. The van der Waals surface area contributed by atoms with Crippen LogP contribution < -0.4 is 4.74 Å². The number of nitrogens with zero attached hydrogens (tertiary/aromatic N) is 3. The highest BCUT2D eigenvalue weighted by Crippen LogP contribution is 2.26. The fraction of sp³-hybridized carbons (Fsp3) is 0.269. The Balaban J connectivity index is 1.57. The highest BCUT2D eigenvalue weighted by Gasteiger charge is 2.20. The number of hydrogen-bond acceptors (Lipinski definition) is 4. The molecule has 0 aliphatic carbocycles. The van der Waals surface area contributed by atoms with Gasteiger partial charge in [0.2, 0.25) is 0 Å². The lowest BCUT2D eigenvalue weighted by molar-refractivity contribution is 0.0919. The summed E-state index contributed by atoms with van der Waals surface area (Å²) in [5, 5.41) is 4.62. The van der Waals surface area contributed by atoms with Crippen LogP contribution in [0.1, 0.15) is 40.5 Å². The van der Waals surface area contributed by atoms with E-state index in [4.69, 9.17) is 4.74 Å². The van der Waals surface area contributed by atoms with E-state index in [-0.39, 0.29) is 11.7 Å². The molecular formula is C26H27N3O2. The van der Waals surface area contributed by atoms with Crippen LogP contribution in [0, 0.1) is 19.8 Å². The molecule has 1 unspecified atom stereocenters. The summed E-state index contributed by atoms with van der Waals surface area (Å²) >= 11 is 0. The maximum absolute atomic E-state index is 13.1. The first-order chi connectivity index (χ1) is 15.0. The third-order valence-electron chi connectivity index (χ3n) is 5.74. The summed E-state index contributed by atoms with van der Waals surface area (Å²) in [4.78, 5) is 17.5. The van der Waals surface area contributed by atoms with Gasteiger partial charge in [-0.25, -0.2) is 9.50 Å². The largest absolute Gasteiger partial charge is 0.496 e. The Bertz CT molecular complexity index is 1230. The standard InChI is InChI=1S/C26H27N3O2/c1-17-5-8-20(9-6-17)10-7-18(2)26(30)22-16-25-27-14-13-23(29(25)28-22)21-11-12-24(31-4)19(3)15-21/h5-6,8-9,11-16,18H,7,10H2,1-4H3. The lowest BCUT2D eigenvalue weighted by Gasteiger charge is -2.09. The molecule has 0 N–H and O–H groups in total. The van der Waals surface area contributed by atoms with Crippen LogP contribution in [0.3, 0.4) is 0 Å². The van der Waals surface area contributed by atoms with Crippen LogP contribution in [-0.4, -0.2) is 27.5 Å². The van der Waals surface area contributed by atoms with Crippen molar-refractivity contribution in [2.24, 2.45) is 5.92 Å². The van der Waals surface area contributed by atoms with Crippen molar-refractivity contribution >= 4 is 11.4 Å². The number of ketones is 1. The summed E-state index contributed by atoms with van der Waals surface area (Å²) in [5.41, 5.74) is 6.55. The number of hydrogen-bond donors (Lipinski definition) is 0. The van der Waals surface area contributed by atoms with Gasteiger partial charge in [0.05, 0.1) is 12.8 Å². The summed E-state index contributed by atoms with van der Waals surface area (Å²) in [7, 11) is 1.66. The normalized spacial score (nSPS) is 12.1. The first kappa shape index (κ1) is 20.8. The highest BCUT2D eigenvalue weighted by molar-refractivity contribution is 5.96. The van der Waals surface area contributed by atoms with Gasteiger partial charge in [-0.1, -0.05) is 36.8 Å². The minimum atomic E-state index is -0.113. The van der Waals surface area contributed by atoms with Crippen LogP contribution in [0.4, 0.5) is 0 Å². The van der Waals surface area contributed by atoms with Gasteiger partial charge in [0.25, 0.3) is 0 Å². The van der Waals surface area contributed by atoms with Crippen LogP contribution in [0.15, 0.2) is 60.8 Å². The Labute approximate surface area is 182 Å². The van der Waals surface area contributed by atoms with Gasteiger partial charge in [-0.3, -0.25) is 4.79 Å². The number of aryl methyl sites for hydroxylation is 3. The number of fused-ring (bicyclic) bond motifs is 1. The lowest BCUT2D eigenvalue weighted by Crippen LogP contribution is -2.13. The van der Waals surface area contributed by atoms with Crippen molar-refractivity contribution in [3.05, 3.63) is 83.2 Å². The van der Waals surface area contributed by atoms with E-state index < -0.39 is 0 Å². The molecule has 5 heteroatoms. The van der Waals surface area contributed by atoms with Crippen molar-refractivity contribution in [2.45, 2.75) is 33.6 Å². The van der Waals surface area contributed by atoms with E-state index >= 15 is 0 Å². The molecule has 4 aromatic rings. The monoisotopic (exact) mass is 413 g/mol. The molecule has 0 fully saturated rings.